The van der Waals surface area contributed by atoms with Crippen molar-refractivity contribution in [3.8, 4) is 11.4 Å². The van der Waals surface area contributed by atoms with Crippen molar-refractivity contribution in [2.75, 3.05) is 0 Å². The molecule has 0 saturated carbocycles. The number of nitrogens with one attached hydrogen (secondary N) is 2. The van der Waals surface area contributed by atoms with E-state index in [9.17, 15) is 4.79 Å². The molecule has 1 atom stereocenters. The maximum atomic E-state index is 12.5. The number of nitrogens with zero attached hydrogens (tertiary/aromatic N) is 2. The van der Waals surface area contributed by atoms with Crippen molar-refractivity contribution >= 4 is 18.1 Å². The number of rotatable bonds is 7. The average molecular weight is 409 g/mol. The van der Waals surface area contributed by atoms with Crippen LogP contribution in [0.15, 0.2) is 48.5 Å². The zero-order valence-corrected chi connectivity index (χ0v) is 18.2. The second-order valence-electron chi connectivity index (χ2n) is 7.73. The van der Waals surface area contributed by atoms with Crippen LogP contribution in [0.2, 0.25) is 0 Å². The minimum Gasteiger partial charge on any atom is -0.350 e. The van der Waals surface area contributed by atoms with Gasteiger partial charge in [0.2, 0.25) is 5.91 Å². The van der Waals surface area contributed by atoms with Gasteiger partial charge in [-0.1, -0.05) is 67.9 Å². The Kier molecular flexibility index (Phi) is 6.64. The van der Waals surface area contributed by atoms with Gasteiger partial charge in [-0.05, 0) is 43.1 Å². The van der Waals surface area contributed by atoms with Gasteiger partial charge in [-0.15, -0.1) is 0 Å². The number of amides is 1. The van der Waals surface area contributed by atoms with Gasteiger partial charge in [0.1, 0.15) is 0 Å². The molecule has 3 aromatic rings. The van der Waals surface area contributed by atoms with E-state index in [4.69, 9.17) is 12.2 Å². The number of hydrogen-bond acceptors (Lipinski definition) is 3. The molecule has 0 saturated heterocycles. The Morgan fingerprint density at radius 1 is 1.07 bits per heavy atom. The van der Waals surface area contributed by atoms with Gasteiger partial charge < -0.3 is 5.32 Å². The minimum atomic E-state index is -0.0439. The zero-order valence-electron chi connectivity index (χ0n) is 17.4. The van der Waals surface area contributed by atoms with E-state index in [0.29, 0.717) is 23.7 Å². The van der Waals surface area contributed by atoms with Crippen LogP contribution in [0, 0.1) is 11.7 Å². The Balaban J connectivity index is 1.63. The van der Waals surface area contributed by atoms with Gasteiger partial charge in [0.25, 0.3) is 0 Å². The molecule has 29 heavy (non-hydrogen) atoms. The van der Waals surface area contributed by atoms with E-state index in [2.05, 4.69) is 53.6 Å². The molecular weight excluding hydrogens is 380 g/mol. The maximum absolute atomic E-state index is 12.5. The molecule has 1 amide bonds. The Labute approximate surface area is 177 Å². The second kappa shape index (κ2) is 9.18. The monoisotopic (exact) mass is 408 g/mol. The van der Waals surface area contributed by atoms with E-state index in [1.165, 1.54) is 11.1 Å². The molecular formula is C23H28N4OS. The van der Waals surface area contributed by atoms with E-state index in [1.807, 2.05) is 42.7 Å². The molecule has 0 aliphatic heterocycles. The van der Waals surface area contributed by atoms with Crippen molar-refractivity contribution in [1.29, 1.82) is 0 Å². The summed E-state index contributed by atoms with van der Waals surface area (Å²) in [5, 5.41) is 10.3. The number of aromatic amines is 1. The molecule has 5 nitrogen and oxygen atoms in total. The zero-order chi connectivity index (χ0) is 21.0. The summed E-state index contributed by atoms with van der Waals surface area (Å²) in [5.74, 6) is 1.24. The van der Waals surface area contributed by atoms with E-state index in [-0.39, 0.29) is 11.9 Å². The summed E-state index contributed by atoms with van der Waals surface area (Å²) in [5.41, 5.74) is 4.56. The maximum Gasteiger partial charge on any atom is 0.222 e. The van der Waals surface area contributed by atoms with Gasteiger partial charge in [0, 0.05) is 18.5 Å². The first-order valence-electron chi connectivity index (χ1n) is 9.96. The Hall–Kier alpha value is -2.73. The van der Waals surface area contributed by atoms with Gasteiger partial charge in [-0.25, -0.2) is 0 Å². The molecule has 2 aromatic carbocycles. The van der Waals surface area contributed by atoms with E-state index < -0.39 is 0 Å². The lowest BCUT2D eigenvalue weighted by atomic mass is 9.99. The smallest absolute Gasteiger partial charge is 0.222 e. The lowest BCUT2D eigenvalue weighted by molar-refractivity contribution is -0.121. The number of H-pyrrole nitrogens is 1. The van der Waals surface area contributed by atoms with Crippen LogP contribution in [0.4, 0.5) is 0 Å². The number of aryl methyl sites for hydroxylation is 1. The quantitative estimate of drug-likeness (QED) is 0.521. The third kappa shape index (κ3) is 5.21. The van der Waals surface area contributed by atoms with Crippen molar-refractivity contribution < 1.29 is 4.79 Å². The van der Waals surface area contributed by atoms with E-state index in [1.54, 1.807) is 0 Å². The van der Waals surface area contributed by atoms with Crippen LogP contribution in [0.1, 0.15) is 55.8 Å². The number of carbonyl (C=O) groups excluding carboxylic acids is 1. The summed E-state index contributed by atoms with van der Waals surface area (Å²) in [4.78, 5) is 12.5. The molecule has 2 N–H and O–H groups in total. The molecule has 0 aliphatic rings. The van der Waals surface area contributed by atoms with Crippen molar-refractivity contribution in [3.05, 3.63) is 70.0 Å². The van der Waals surface area contributed by atoms with Crippen LogP contribution < -0.4 is 5.32 Å². The van der Waals surface area contributed by atoms with Gasteiger partial charge in [0.05, 0.1) is 6.04 Å². The topological polar surface area (TPSA) is 62.7 Å². The molecule has 6 heteroatoms. The number of benzene rings is 2. The standard InChI is InChI=1S/C23H28N4OS/c1-15(2)18-9-11-19(12-10-18)17(4)24-21(28)13-14-27-22(25-26-23(27)29)20-7-5-16(3)6-8-20/h5-12,15,17H,13-14H2,1-4H3,(H,24,28)(H,26,29). The molecule has 0 fully saturated rings. The molecule has 3 rings (SSSR count). The molecule has 1 heterocycles. The van der Waals surface area contributed by atoms with Crippen LogP contribution in [-0.2, 0) is 11.3 Å². The molecule has 152 valence electrons. The number of hydrogen-bond donors (Lipinski definition) is 2. The Bertz CT molecular complexity index is 1020. The van der Waals surface area contributed by atoms with Crippen molar-refractivity contribution in [3.63, 3.8) is 0 Å². The highest BCUT2D eigenvalue weighted by atomic mass is 32.1. The Morgan fingerprint density at radius 3 is 2.31 bits per heavy atom. The van der Waals surface area contributed by atoms with Crippen LogP contribution >= 0.6 is 12.2 Å². The second-order valence-corrected chi connectivity index (χ2v) is 8.12. The fourth-order valence-electron chi connectivity index (χ4n) is 3.23. The summed E-state index contributed by atoms with van der Waals surface area (Å²) in [6, 6.07) is 16.5. The molecule has 1 unspecified atom stereocenters. The highest BCUT2D eigenvalue weighted by Crippen LogP contribution is 2.20. The third-order valence-electron chi connectivity index (χ3n) is 5.11. The van der Waals surface area contributed by atoms with Crippen molar-refractivity contribution in [2.24, 2.45) is 0 Å². The number of carbonyl (C=O) groups is 1. The first kappa shape index (κ1) is 21.0. The summed E-state index contributed by atoms with van der Waals surface area (Å²) in [7, 11) is 0. The largest absolute Gasteiger partial charge is 0.350 e. The predicted octanol–water partition coefficient (Wildman–Crippen LogP) is 5.31. The van der Waals surface area contributed by atoms with Gasteiger partial charge in [0.15, 0.2) is 10.6 Å². The van der Waals surface area contributed by atoms with Crippen molar-refractivity contribution in [2.45, 2.75) is 52.6 Å². The number of aromatic nitrogens is 3. The van der Waals surface area contributed by atoms with Crippen LogP contribution in [0.3, 0.4) is 0 Å². The molecule has 0 spiro atoms. The Morgan fingerprint density at radius 2 is 1.69 bits per heavy atom. The molecule has 0 bridgehead atoms. The van der Waals surface area contributed by atoms with Crippen LogP contribution in [0.25, 0.3) is 11.4 Å². The van der Waals surface area contributed by atoms with E-state index in [0.717, 1.165) is 17.0 Å². The SMILES string of the molecule is Cc1ccc(-c2n[nH]c(=S)n2CCC(=O)NC(C)c2ccc(C(C)C)cc2)cc1. The molecule has 1 aromatic heterocycles. The molecule has 0 radical (unpaired) electrons. The minimum absolute atomic E-state index is 0.0107. The van der Waals surface area contributed by atoms with Crippen LogP contribution in [0.5, 0.6) is 0 Å². The highest BCUT2D eigenvalue weighted by molar-refractivity contribution is 7.71. The average Bonchev–Trinajstić information content (AvgIpc) is 3.07. The van der Waals surface area contributed by atoms with Crippen LogP contribution in [-0.4, -0.2) is 20.7 Å². The van der Waals surface area contributed by atoms with E-state index >= 15 is 0 Å². The summed E-state index contributed by atoms with van der Waals surface area (Å²) in [6.07, 6.45) is 0.334. The first-order chi connectivity index (χ1) is 13.8. The first-order valence-corrected chi connectivity index (χ1v) is 10.4. The summed E-state index contributed by atoms with van der Waals surface area (Å²) in [6.45, 7) is 8.87. The predicted molar refractivity (Wildman–Crippen MR) is 119 cm³/mol. The fraction of sp³-hybridized carbons (Fsp3) is 0.348. The lowest BCUT2D eigenvalue weighted by Crippen LogP contribution is -2.27. The third-order valence-corrected chi connectivity index (χ3v) is 5.42. The van der Waals surface area contributed by atoms with Gasteiger partial charge >= 0.3 is 0 Å². The summed E-state index contributed by atoms with van der Waals surface area (Å²) >= 11 is 5.36. The van der Waals surface area contributed by atoms with Crippen molar-refractivity contribution in [1.82, 2.24) is 20.1 Å². The summed E-state index contributed by atoms with van der Waals surface area (Å²) < 4.78 is 2.40. The highest BCUT2D eigenvalue weighted by Gasteiger charge is 2.13. The van der Waals surface area contributed by atoms with Gasteiger partial charge in [-0.2, -0.15) is 5.10 Å². The lowest BCUT2D eigenvalue weighted by Gasteiger charge is -2.16. The van der Waals surface area contributed by atoms with Gasteiger partial charge in [-0.3, -0.25) is 14.5 Å². The molecule has 0 aliphatic carbocycles. The normalized spacial score (nSPS) is 12.2. The fourth-order valence-corrected chi connectivity index (χ4v) is 3.45.